The van der Waals surface area contributed by atoms with E-state index in [9.17, 15) is 0 Å². The third-order valence-corrected chi connectivity index (χ3v) is 2.57. The van der Waals surface area contributed by atoms with E-state index in [1.54, 1.807) is 0 Å². The second kappa shape index (κ2) is 11.0. The van der Waals surface area contributed by atoms with E-state index in [-0.39, 0.29) is 0 Å². The Morgan fingerprint density at radius 3 is 2.21 bits per heavy atom. The largest absolute Gasteiger partial charge is 0.487 e. The molecule has 0 aliphatic carbocycles. The van der Waals surface area contributed by atoms with E-state index < -0.39 is 0 Å². The van der Waals surface area contributed by atoms with Crippen molar-refractivity contribution in [1.29, 1.82) is 0 Å². The first-order valence-electron chi connectivity index (χ1n) is 5.96. The van der Waals surface area contributed by atoms with Crippen molar-refractivity contribution in [3.63, 3.8) is 0 Å². The Kier molecular flexibility index (Phi) is 10.9. The summed E-state index contributed by atoms with van der Waals surface area (Å²) >= 11 is 5.13. The van der Waals surface area contributed by atoms with Crippen molar-refractivity contribution in [3.05, 3.63) is 0 Å². The molecule has 0 amide bonds. The maximum atomic E-state index is 5.46. The summed E-state index contributed by atoms with van der Waals surface area (Å²) in [4.78, 5) is 0. The Hall–Kier alpha value is -0.110. The van der Waals surface area contributed by atoms with Gasteiger partial charge in [0.05, 0.1) is 6.61 Å². The number of hydrogen-bond donors (Lipinski definition) is 0. The topological polar surface area (TPSA) is 9.23 Å². The van der Waals surface area contributed by atoms with E-state index in [4.69, 9.17) is 17.0 Å². The molecule has 0 atom stereocenters. The van der Waals surface area contributed by atoms with Crippen molar-refractivity contribution < 1.29 is 4.74 Å². The van der Waals surface area contributed by atoms with Crippen molar-refractivity contribution in [1.82, 2.24) is 0 Å². The third kappa shape index (κ3) is 9.97. The molecule has 0 spiro atoms. The zero-order chi connectivity index (χ0) is 10.6. The number of ether oxygens (including phenoxy) is 1. The molecule has 0 aliphatic heterocycles. The van der Waals surface area contributed by atoms with Gasteiger partial charge in [-0.15, -0.1) is 0 Å². The number of unbranched alkanes of at least 4 members (excludes halogenated alkanes) is 5. The van der Waals surface area contributed by atoms with Gasteiger partial charge in [-0.05, 0) is 25.1 Å². The highest BCUT2D eigenvalue weighted by atomic mass is 32.1. The van der Waals surface area contributed by atoms with Crippen LogP contribution in [0, 0.1) is 0 Å². The van der Waals surface area contributed by atoms with E-state index in [0.29, 0.717) is 0 Å². The normalized spacial score (nSPS) is 10.1. The first kappa shape index (κ1) is 13.9. The van der Waals surface area contributed by atoms with E-state index in [2.05, 4.69) is 13.8 Å². The van der Waals surface area contributed by atoms with Crippen LogP contribution in [-0.4, -0.2) is 11.7 Å². The average Bonchev–Trinajstić information content (AvgIpc) is 2.19. The van der Waals surface area contributed by atoms with Crippen LogP contribution < -0.4 is 0 Å². The molecule has 0 aliphatic rings. The van der Waals surface area contributed by atoms with Crippen LogP contribution in [0.5, 0.6) is 0 Å². The lowest BCUT2D eigenvalue weighted by Gasteiger charge is -2.06. The third-order valence-electron chi connectivity index (χ3n) is 2.25. The van der Waals surface area contributed by atoms with E-state index in [1.807, 2.05) is 0 Å². The minimum Gasteiger partial charge on any atom is -0.487 e. The molecule has 0 aromatic carbocycles. The van der Waals surface area contributed by atoms with Crippen LogP contribution >= 0.6 is 12.2 Å². The molecule has 0 aromatic heterocycles. The molecule has 0 radical (unpaired) electrons. The Bertz CT molecular complexity index is 120. The zero-order valence-electron chi connectivity index (χ0n) is 9.68. The molecule has 1 nitrogen and oxygen atoms in total. The summed E-state index contributed by atoms with van der Waals surface area (Å²) in [5.41, 5.74) is 0. The van der Waals surface area contributed by atoms with E-state index in [1.165, 1.54) is 38.5 Å². The summed E-state index contributed by atoms with van der Waals surface area (Å²) in [5.74, 6) is 0. The zero-order valence-corrected chi connectivity index (χ0v) is 10.5. The van der Waals surface area contributed by atoms with Crippen LogP contribution in [0.25, 0.3) is 0 Å². The Balaban J connectivity index is 3.11. The molecule has 0 rings (SSSR count). The maximum Gasteiger partial charge on any atom is 0.159 e. The van der Waals surface area contributed by atoms with Gasteiger partial charge in [-0.3, -0.25) is 0 Å². The Morgan fingerprint density at radius 1 is 0.929 bits per heavy atom. The van der Waals surface area contributed by atoms with Crippen molar-refractivity contribution in [3.8, 4) is 0 Å². The quantitative estimate of drug-likeness (QED) is 0.415. The first-order chi connectivity index (χ1) is 6.81. The molecule has 2 heteroatoms. The van der Waals surface area contributed by atoms with Gasteiger partial charge in [-0.2, -0.15) is 0 Å². The molecule has 0 bridgehead atoms. The molecular formula is C12H24OS. The SMILES string of the molecule is CCCCCCC(=S)OCCCCC. The fourth-order valence-electron chi connectivity index (χ4n) is 1.31. The van der Waals surface area contributed by atoms with Crippen LogP contribution in [-0.2, 0) is 4.74 Å². The molecule has 0 unspecified atom stereocenters. The van der Waals surface area contributed by atoms with Crippen molar-refractivity contribution in [2.24, 2.45) is 0 Å². The van der Waals surface area contributed by atoms with E-state index >= 15 is 0 Å². The lowest BCUT2D eigenvalue weighted by atomic mass is 10.2. The first-order valence-corrected chi connectivity index (χ1v) is 6.37. The van der Waals surface area contributed by atoms with Crippen molar-refractivity contribution >= 4 is 17.3 Å². The van der Waals surface area contributed by atoms with Gasteiger partial charge >= 0.3 is 0 Å². The number of thiocarbonyl (C=S) groups is 1. The molecule has 0 N–H and O–H groups in total. The van der Waals surface area contributed by atoms with Gasteiger partial charge in [0, 0.05) is 6.42 Å². The van der Waals surface area contributed by atoms with Crippen LogP contribution in [0.3, 0.4) is 0 Å². The van der Waals surface area contributed by atoms with E-state index in [0.717, 1.165) is 24.5 Å². The molecule has 84 valence electrons. The number of rotatable bonds is 9. The molecule has 0 fully saturated rings. The lowest BCUT2D eigenvalue weighted by molar-refractivity contribution is 0.292. The Labute approximate surface area is 94.2 Å². The van der Waals surface area contributed by atoms with Crippen LogP contribution in [0.2, 0.25) is 0 Å². The minimum atomic E-state index is 0.817. The predicted octanol–water partition coefficient (Wildman–Crippen LogP) is 4.49. The highest BCUT2D eigenvalue weighted by molar-refractivity contribution is 7.80. The van der Waals surface area contributed by atoms with Crippen LogP contribution in [0.1, 0.15) is 65.2 Å². The fourth-order valence-corrected chi connectivity index (χ4v) is 1.53. The summed E-state index contributed by atoms with van der Waals surface area (Å²) in [6, 6.07) is 0. The van der Waals surface area contributed by atoms with Gasteiger partial charge in [0.2, 0.25) is 0 Å². The maximum absolute atomic E-state index is 5.46. The van der Waals surface area contributed by atoms with Crippen LogP contribution in [0.4, 0.5) is 0 Å². The highest BCUT2D eigenvalue weighted by Gasteiger charge is 1.97. The van der Waals surface area contributed by atoms with Gasteiger partial charge in [0.25, 0.3) is 0 Å². The molecule has 14 heavy (non-hydrogen) atoms. The molecule has 0 saturated heterocycles. The fraction of sp³-hybridized carbons (Fsp3) is 0.917. The van der Waals surface area contributed by atoms with Crippen molar-refractivity contribution in [2.75, 3.05) is 6.61 Å². The number of hydrogen-bond acceptors (Lipinski definition) is 2. The summed E-state index contributed by atoms with van der Waals surface area (Å²) in [7, 11) is 0. The lowest BCUT2D eigenvalue weighted by Crippen LogP contribution is -2.03. The second-order valence-electron chi connectivity index (χ2n) is 3.74. The summed E-state index contributed by atoms with van der Waals surface area (Å²) < 4.78 is 5.46. The molecular weight excluding hydrogens is 192 g/mol. The van der Waals surface area contributed by atoms with Crippen molar-refractivity contribution in [2.45, 2.75) is 65.2 Å². The van der Waals surface area contributed by atoms with Gasteiger partial charge < -0.3 is 4.74 Å². The second-order valence-corrected chi connectivity index (χ2v) is 4.19. The van der Waals surface area contributed by atoms with Crippen LogP contribution in [0.15, 0.2) is 0 Å². The van der Waals surface area contributed by atoms with Gasteiger partial charge in [0.15, 0.2) is 5.05 Å². The molecule has 0 saturated carbocycles. The van der Waals surface area contributed by atoms with Gasteiger partial charge in [0.1, 0.15) is 0 Å². The monoisotopic (exact) mass is 216 g/mol. The molecule has 0 aromatic rings. The highest BCUT2D eigenvalue weighted by Crippen LogP contribution is 2.05. The summed E-state index contributed by atoms with van der Waals surface area (Å²) in [6.45, 7) is 5.24. The average molecular weight is 216 g/mol. The smallest absolute Gasteiger partial charge is 0.159 e. The molecule has 0 heterocycles. The predicted molar refractivity (Wildman–Crippen MR) is 66.8 cm³/mol. The Morgan fingerprint density at radius 2 is 1.57 bits per heavy atom. The van der Waals surface area contributed by atoms with Gasteiger partial charge in [-0.25, -0.2) is 0 Å². The summed E-state index contributed by atoms with van der Waals surface area (Å²) in [6.07, 6.45) is 9.69. The summed E-state index contributed by atoms with van der Waals surface area (Å²) in [5, 5.41) is 0.817. The minimum absolute atomic E-state index is 0.817. The van der Waals surface area contributed by atoms with Gasteiger partial charge in [-0.1, -0.05) is 46.0 Å². The standard InChI is InChI=1S/C12H24OS/c1-3-5-7-8-10-12(14)13-11-9-6-4-2/h3-11H2,1-2H3.